The Labute approximate surface area is 143 Å². The van der Waals surface area contributed by atoms with Crippen LogP contribution in [0.25, 0.3) is 0 Å². The molecule has 1 aromatic rings. The molecule has 2 unspecified atom stereocenters. The number of anilines is 1. The molecular formula is C16H24N4O3S. The lowest BCUT2D eigenvalue weighted by Crippen LogP contribution is -2.39. The van der Waals surface area contributed by atoms with Gasteiger partial charge in [0, 0.05) is 32.4 Å². The molecular weight excluding hydrogens is 328 g/mol. The highest BCUT2D eigenvalue weighted by Gasteiger charge is 2.33. The number of carbonyl (C=O) groups excluding carboxylic acids is 1. The summed E-state index contributed by atoms with van der Waals surface area (Å²) in [6.07, 6.45) is 4.40. The third-order valence-electron chi connectivity index (χ3n) is 4.88. The van der Waals surface area contributed by atoms with Crippen LogP contribution in [0.15, 0.2) is 12.3 Å². The molecule has 7 nitrogen and oxygen atoms in total. The van der Waals surface area contributed by atoms with Crippen LogP contribution in [0.5, 0.6) is 0 Å². The zero-order valence-electron chi connectivity index (χ0n) is 14.2. The predicted octanol–water partition coefficient (Wildman–Crippen LogP) is 0.972. The van der Waals surface area contributed by atoms with Gasteiger partial charge in [0.2, 0.25) is 5.95 Å². The van der Waals surface area contributed by atoms with Gasteiger partial charge in [0.05, 0.1) is 11.5 Å². The summed E-state index contributed by atoms with van der Waals surface area (Å²) in [7, 11) is -1.37. The maximum atomic E-state index is 12.7. The first-order chi connectivity index (χ1) is 11.4. The van der Waals surface area contributed by atoms with E-state index >= 15 is 0 Å². The van der Waals surface area contributed by atoms with Crippen molar-refractivity contribution in [3.8, 4) is 0 Å². The lowest BCUT2D eigenvalue weighted by atomic mass is 10.0. The van der Waals surface area contributed by atoms with Gasteiger partial charge in [-0.1, -0.05) is 6.92 Å². The summed E-state index contributed by atoms with van der Waals surface area (Å²) >= 11 is 0. The van der Waals surface area contributed by atoms with Gasteiger partial charge < -0.3 is 9.80 Å². The molecule has 0 aliphatic carbocycles. The zero-order chi connectivity index (χ0) is 17.3. The van der Waals surface area contributed by atoms with Crippen molar-refractivity contribution in [2.24, 2.45) is 5.92 Å². The minimum Gasteiger partial charge on any atom is -0.341 e. The molecule has 3 heterocycles. The molecule has 2 saturated heterocycles. The SMILES string of the molecule is CC1CCCN(c2nccc(C(=O)N(C)C3CCS(=O)(=O)C3)n2)C1. The average Bonchev–Trinajstić information content (AvgIpc) is 2.93. The number of amides is 1. The standard InChI is InChI=1S/C16H24N4O3S/c1-12-4-3-8-20(10-12)16-17-7-5-14(18-16)15(21)19(2)13-6-9-24(22,23)11-13/h5,7,12-13H,3-4,6,8-11H2,1-2H3. The Hall–Kier alpha value is -1.70. The van der Waals surface area contributed by atoms with Crippen LogP contribution in [-0.4, -0.2) is 66.9 Å². The fourth-order valence-electron chi connectivity index (χ4n) is 3.42. The van der Waals surface area contributed by atoms with Crippen molar-refractivity contribution in [2.45, 2.75) is 32.2 Å². The van der Waals surface area contributed by atoms with Crippen LogP contribution in [0.2, 0.25) is 0 Å². The second kappa shape index (κ2) is 6.66. The molecule has 3 rings (SSSR count). The Morgan fingerprint density at radius 2 is 2.17 bits per heavy atom. The third-order valence-corrected chi connectivity index (χ3v) is 6.63. The molecule has 8 heteroatoms. The van der Waals surface area contributed by atoms with Gasteiger partial charge in [0.1, 0.15) is 5.69 Å². The quantitative estimate of drug-likeness (QED) is 0.806. The van der Waals surface area contributed by atoms with Crippen molar-refractivity contribution in [3.05, 3.63) is 18.0 Å². The number of hydrogen-bond donors (Lipinski definition) is 0. The second-order valence-electron chi connectivity index (χ2n) is 6.91. The van der Waals surface area contributed by atoms with Crippen LogP contribution >= 0.6 is 0 Å². The van der Waals surface area contributed by atoms with Gasteiger partial charge in [-0.25, -0.2) is 18.4 Å². The molecule has 2 fully saturated rings. The van der Waals surface area contributed by atoms with Crippen molar-refractivity contribution >= 4 is 21.7 Å². The minimum absolute atomic E-state index is 0.0385. The molecule has 2 aliphatic heterocycles. The largest absolute Gasteiger partial charge is 0.341 e. The fourth-order valence-corrected chi connectivity index (χ4v) is 5.19. The topological polar surface area (TPSA) is 83.5 Å². The molecule has 0 bridgehead atoms. The Bertz CT molecular complexity index is 722. The van der Waals surface area contributed by atoms with E-state index < -0.39 is 9.84 Å². The molecule has 0 saturated carbocycles. The smallest absolute Gasteiger partial charge is 0.272 e. The summed E-state index contributed by atoms with van der Waals surface area (Å²) in [6.45, 7) is 4.00. The number of nitrogens with zero attached hydrogens (tertiary/aromatic N) is 4. The van der Waals surface area contributed by atoms with Crippen LogP contribution in [0.1, 0.15) is 36.7 Å². The monoisotopic (exact) mass is 352 g/mol. The van der Waals surface area contributed by atoms with Crippen molar-refractivity contribution in [1.82, 2.24) is 14.9 Å². The summed E-state index contributed by atoms with van der Waals surface area (Å²) in [5, 5.41) is 0. The van der Waals surface area contributed by atoms with Crippen LogP contribution in [0.4, 0.5) is 5.95 Å². The van der Waals surface area contributed by atoms with E-state index in [9.17, 15) is 13.2 Å². The number of rotatable bonds is 3. The highest BCUT2D eigenvalue weighted by Crippen LogP contribution is 2.21. The van der Waals surface area contributed by atoms with E-state index in [0.29, 0.717) is 24.0 Å². The third kappa shape index (κ3) is 3.68. The van der Waals surface area contributed by atoms with E-state index in [2.05, 4.69) is 21.8 Å². The van der Waals surface area contributed by atoms with Crippen LogP contribution in [0.3, 0.4) is 0 Å². The van der Waals surface area contributed by atoms with Gasteiger partial charge in [-0.05, 0) is 31.2 Å². The number of carbonyl (C=O) groups is 1. The van der Waals surface area contributed by atoms with Crippen molar-refractivity contribution in [3.63, 3.8) is 0 Å². The molecule has 0 spiro atoms. The maximum Gasteiger partial charge on any atom is 0.272 e. The van der Waals surface area contributed by atoms with Crippen LogP contribution < -0.4 is 4.90 Å². The minimum atomic E-state index is -3.02. The van der Waals surface area contributed by atoms with E-state index in [1.54, 1.807) is 19.3 Å². The van der Waals surface area contributed by atoms with Crippen molar-refractivity contribution < 1.29 is 13.2 Å². The van der Waals surface area contributed by atoms with Gasteiger partial charge in [-0.15, -0.1) is 0 Å². The number of hydrogen-bond acceptors (Lipinski definition) is 6. The highest BCUT2D eigenvalue weighted by atomic mass is 32.2. The fraction of sp³-hybridized carbons (Fsp3) is 0.688. The van der Waals surface area contributed by atoms with E-state index in [-0.39, 0.29) is 23.5 Å². The van der Waals surface area contributed by atoms with E-state index in [1.807, 2.05) is 0 Å². The first-order valence-electron chi connectivity index (χ1n) is 8.41. The average molecular weight is 352 g/mol. The Morgan fingerprint density at radius 1 is 1.38 bits per heavy atom. The van der Waals surface area contributed by atoms with Crippen LogP contribution in [-0.2, 0) is 9.84 Å². The maximum absolute atomic E-state index is 12.7. The number of sulfone groups is 1. The van der Waals surface area contributed by atoms with Crippen molar-refractivity contribution in [2.75, 3.05) is 36.5 Å². The van der Waals surface area contributed by atoms with E-state index in [1.165, 1.54) is 11.3 Å². The molecule has 0 N–H and O–H groups in total. The molecule has 0 aromatic carbocycles. The highest BCUT2D eigenvalue weighted by molar-refractivity contribution is 7.91. The lowest BCUT2D eigenvalue weighted by molar-refractivity contribution is 0.0741. The van der Waals surface area contributed by atoms with Gasteiger partial charge in [0.25, 0.3) is 5.91 Å². The second-order valence-corrected chi connectivity index (χ2v) is 9.14. The van der Waals surface area contributed by atoms with Gasteiger partial charge in [0.15, 0.2) is 9.84 Å². The Balaban J connectivity index is 1.74. The lowest BCUT2D eigenvalue weighted by Gasteiger charge is -2.31. The Morgan fingerprint density at radius 3 is 2.83 bits per heavy atom. The summed E-state index contributed by atoms with van der Waals surface area (Å²) in [5.41, 5.74) is 0.324. The van der Waals surface area contributed by atoms with Gasteiger partial charge >= 0.3 is 0 Å². The van der Waals surface area contributed by atoms with E-state index in [0.717, 1.165) is 19.5 Å². The molecule has 2 aliphatic rings. The van der Waals surface area contributed by atoms with Crippen molar-refractivity contribution in [1.29, 1.82) is 0 Å². The predicted molar refractivity (Wildman–Crippen MR) is 91.8 cm³/mol. The molecule has 1 aromatic heterocycles. The molecule has 0 radical (unpaired) electrons. The molecule has 2 atom stereocenters. The summed E-state index contributed by atoms with van der Waals surface area (Å²) < 4.78 is 23.3. The Kier molecular flexibility index (Phi) is 4.76. The summed E-state index contributed by atoms with van der Waals surface area (Å²) in [4.78, 5) is 25.0. The summed E-state index contributed by atoms with van der Waals surface area (Å²) in [5.74, 6) is 1.12. The van der Waals surface area contributed by atoms with E-state index in [4.69, 9.17) is 0 Å². The zero-order valence-corrected chi connectivity index (χ0v) is 15.0. The number of aromatic nitrogens is 2. The van der Waals surface area contributed by atoms with Crippen LogP contribution in [0, 0.1) is 5.92 Å². The molecule has 1 amide bonds. The molecule has 132 valence electrons. The first kappa shape index (κ1) is 17.1. The van der Waals surface area contributed by atoms with Gasteiger partial charge in [-0.2, -0.15) is 0 Å². The summed E-state index contributed by atoms with van der Waals surface area (Å²) in [6, 6.07) is 1.33. The van der Waals surface area contributed by atoms with Gasteiger partial charge in [-0.3, -0.25) is 4.79 Å². The normalized spacial score (nSPS) is 26.3. The first-order valence-corrected chi connectivity index (χ1v) is 10.2. The molecule has 24 heavy (non-hydrogen) atoms. The number of piperidine rings is 1.